The highest BCUT2D eigenvalue weighted by Gasteiger charge is 2.66. The van der Waals surface area contributed by atoms with Gasteiger partial charge in [-0.25, -0.2) is 5.43 Å². The van der Waals surface area contributed by atoms with Crippen molar-refractivity contribution in [1.29, 1.82) is 5.41 Å². The van der Waals surface area contributed by atoms with Crippen molar-refractivity contribution < 1.29 is 10.2 Å². The number of nitrogens with zero attached hydrogens (tertiary/aromatic N) is 1. The number of fused-ring (bicyclic) bond motifs is 5. The molecule has 0 spiro atoms. The predicted molar refractivity (Wildman–Crippen MR) is 102 cm³/mol. The van der Waals surface area contributed by atoms with Crippen molar-refractivity contribution in [3.8, 4) is 0 Å². The van der Waals surface area contributed by atoms with Crippen LogP contribution in [0, 0.1) is 34.0 Å². The lowest BCUT2D eigenvalue weighted by Gasteiger charge is -2.62. The Labute approximate surface area is 156 Å². The Kier molecular flexibility index (Phi) is 4.16. The van der Waals surface area contributed by atoms with Crippen molar-refractivity contribution in [1.82, 2.24) is 5.43 Å². The summed E-state index contributed by atoms with van der Waals surface area (Å²) in [7, 11) is 0. The molecule has 6 nitrogen and oxygen atoms in total. The largest absolute Gasteiger partial charge is 0.393 e. The first-order valence-corrected chi connectivity index (χ1v) is 10.3. The Balaban J connectivity index is 1.64. The van der Waals surface area contributed by atoms with E-state index in [0.717, 1.165) is 63.5 Å². The molecule has 4 aliphatic carbocycles. The highest BCUT2D eigenvalue weighted by Crippen LogP contribution is 2.67. The van der Waals surface area contributed by atoms with Gasteiger partial charge in [-0.15, -0.1) is 0 Å². The Morgan fingerprint density at radius 3 is 2.65 bits per heavy atom. The van der Waals surface area contributed by atoms with Gasteiger partial charge in [0.25, 0.3) is 0 Å². The van der Waals surface area contributed by atoms with E-state index in [1.165, 1.54) is 0 Å². The number of hydrogen-bond acceptors (Lipinski definition) is 4. The summed E-state index contributed by atoms with van der Waals surface area (Å²) >= 11 is 0. The normalized spacial score (nSPS) is 52.1. The second-order valence-corrected chi connectivity index (χ2v) is 9.80. The molecule has 4 fully saturated rings. The van der Waals surface area contributed by atoms with Gasteiger partial charge in [-0.2, -0.15) is 5.10 Å². The lowest BCUT2D eigenvalue weighted by atomic mass is 9.44. The minimum Gasteiger partial charge on any atom is -0.393 e. The van der Waals surface area contributed by atoms with Crippen molar-refractivity contribution in [2.75, 3.05) is 0 Å². The molecular formula is C20H34N4O2. The average molecular weight is 363 g/mol. The maximum atomic E-state index is 11.9. The Morgan fingerprint density at radius 2 is 1.92 bits per heavy atom. The SMILES string of the molecule is C[C@]12CC[C@H](O)C[C@H]1CC[C@@H]1[C@@H]2CC[C@]2(C)C(=NNC(=N)N)CC[C@]12O. The number of aliphatic hydroxyl groups excluding tert-OH is 1. The van der Waals surface area contributed by atoms with Gasteiger partial charge in [0.15, 0.2) is 0 Å². The number of hydrogen-bond donors (Lipinski definition) is 5. The van der Waals surface area contributed by atoms with Crippen molar-refractivity contribution in [3.05, 3.63) is 0 Å². The van der Waals surface area contributed by atoms with Crippen LogP contribution in [0.25, 0.3) is 0 Å². The van der Waals surface area contributed by atoms with Crippen LogP contribution in [0.2, 0.25) is 0 Å². The Hall–Kier alpha value is -1.14. The van der Waals surface area contributed by atoms with Crippen molar-refractivity contribution >= 4 is 11.7 Å². The van der Waals surface area contributed by atoms with E-state index in [4.69, 9.17) is 11.1 Å². The molecule has 0 bridgehead atoms. The third-order valence-electron chi connectivity index (χ3n) is 8.88. The number of aliphatic hydroxyl groups is 2. The summed E-state index contributed by atoms with van der Waals surface area (Å²) in [5, 5.41) is 33.8. The fourth-order valence-corrected chi connectivity index (χ4v) is 7.29. The molecule has 0 aromatic heterocycles. The monoisotopic (exact) mass is 362 g/mol. The molecule has 0 unspecified atom stereocenters. The number of rotatable bonds is 1. The first-order chi connectivity index (χ1) is 12.2. The van der Waals surface area contributed by atoms with E-state index in [2.05, 4.69) is 24.4 Å². The van der Waals surface area contributed by atoms with E-state index in [1.54, 1.807) is 0 Å². The van der Waals surface area contributed by atoms with Gasteiger partial charge >= 0.3 is 0 Å². The summed E-state index contributed by atoms with van der Waals surface area (Å²) in [6, 6.07) is 0. The van der Waals surface area contributed by atoms with E-state index in [0.29, 0.717) is 17.8 Å². The topological polar surface area (TPSA) is 115 Å². The van der Waals surface area contributed by atoms with Gasteiger partial charge < -0.3 is 15.9 Å². The van der Waals surface area contributed by atoms with Gasteiger partial charge in [-0.1, -0.05) is 13.8 Å². The maximum absolute atomic E-state index is 11.9. The summed E-state index contributed by atoms with van der Waals surface area (Å²) in [6.07, 6.45) is 8.54. The van der Waals surface area contributed by atoms with Gasteiger partial charge in [0.2, 0.25) is 5.96 Å². The molecule has 4 rings (SSSR count). The minimum absolute atomic E-state index is 0.135. The van der Waals surface area contributed by atoms with Gasteiger partial charge in [0.05, 0.1) is 11.7 Å². The van der Waals surface area contributed by atoms with E-state index in [-0.39, 0.29) is 22.9 Å². The zero-order valence-corrected chi connectivity index (χ0v) is 16.1. The molecule has 4 saturated carbocycles. The van der Waals surface area contributed by atoms with Crippen LogP contribution in [0.5, 0.6) is 0 Å². The fraction of sp³-hybridized carbons (Fsp3) is 0.900. The van der Waals surface area contributed by atoms with Crippen LogP contribution in [0.3, 0.4) is 0 Å². The number of hydrazone groups is 1. The van der Waals surface area contributed by atoms with Crippen molar-refractivity contribution in [2.24, 2.45) is 39.4 Å². The van der Waals surface area contributed by atoms with Crippen LogP contribution >= 0.6 is 0 Å². The predicted octanol–water partition coefficient (Wildman–Crippen LogP) is 2.34. The zero-order chi connectivity index (χ0) is 18.7. The molecular weight excluding hydrogens is 328 g/mol. The van der Waals surface area contributed by atoms with E-state index in [9.17, 15) is 10.2 Å². The highest BCUT2D eigenvalue weighted by atomic mass is 16.3. The first kappa shape index (κ1) is 18.2. The van der Waals surface area contributed by atoms with Crippen LogP contribution in [-0.4, -0.2) is 33.6 Å². The molecule has 0 aliphatic heterocycles. The molecule has 6 N–H and O–H groups in total. The van der Waals surface area contributed by atoms with Crippen molar-refractivity contribution in [3.63, 3.8) is 0 Å². The smallest absolute Gasteiger partial charge is 0.206 e. The summed E-state index contributed by atoms with van der Waals surface area (Å²) in [4.78, 5) is 0. The second kappa shape index (κ2) is 5.93. The summed E-state index contributed by atoms with van der Waals surface area (Å²) in [5.41, 5.74) is 8.19. The molecule has 0 aromatic carbocycles. The fourth-order valence-electron chi connectivity index (χ4n) is 7.29. The maximum Gasteiger partial charge on any atom is 0.206 e. The lowest BCUT2D eigenvalue weighted by molar-refractivity contribution is -0.191. The number of nitrogens with two attached hydrogens (primary N) is 1. The van der Waals surface area contributed by atoms with Crippen LogP contribution < -0.4 is 11.2 Å². The number of nitrogens with one attached hydrogen (secondary N) is 2. The van der Waals surface area contributed by atoms with Gasteiger partial charge in [-0.05, 0) is 81.0 Å². The molecule has 26 heavy (non-hydrogen) atoms. The molecule has 0 radical (unpaired) electrons. The van der Waals surface area contributed by atoms with Gasteiger partial charge in [0, 0.05) is 11.1 Å². The zero-order valence-electron chi connectivity index (χ0n) is 16.1. The molecule has 4 aliphatic rings. The molecule has 0 saturated heterocycles. The molecule has 0 heterocycles. The van der Waals surface area contributed by atoms with Gasteiger partial charge in [-0.3, -0.25) is 5.41 Å². The molecule has 0 amide bonds. The lowest BCUT2D eigenvalue weighted by Crippen LogP contribution is -2.62. The third-order valence-corrected chi connectivity index (χ3v) is 8.88. The minimum atomic E-state index is -0.711. The third kappa shape index (κ3) is 2.37. The Bertz CT molecular complexity index is 637. The van der Waals surface area contributed by atoms with E-state index >= 15 is 0 Å². The second-order valence-electron chi connectivity index (χ2n) is 9.80. The average Bonchev–Trinajstić information content (AvgIpc) is 2.85. The highest BCUT2D eigenvalue weighted by molar-refractivity contribution is 5.94. The first-order valence-electron chi connectivity index (χ1n) is 10.3. The summed E-state index contributed by atoms with van der Waals surface area (Å²) in [6.45, 7) is 4.59. The molecule has 146 valence electrons. The standard InChI is InChI=1S/C20H34N4O2/c1-18-8-5-13(25)11-12(18)3-4-15-14(18)6-9-19(2)16(23-24-17(21)22)7-10-20(15,19)26/h12-15,25-26H,3-11H2,1-2H3,(H4,21,22,24)/t12-,13+,14+,15-,18+,19-,20+/m1/s1. The van der Waals surface area contributed by atoms with E-state index < -0.39 is 5.60 Å². The van der Waals surface area contributed by atoms with Crippen LogP contribution in [0.4, 0.5) is 0 Å². The van der Waals surface area contributed by atoms with Crippen molar-refractivity contribution in [2.45, 2.75) is 83.3 Å². The Morgan fingerprint density at radius 1 is 1.15 bits per heavy atom. The van der Waals surface area contributed by atoms with Crippen LogP contribution in [-0.2, 0) is 0 Å². The van der Waals surface area contributed by atoms with E-state index in [1.807, 2.05) is 0 Å². The van der Waals surface area contributed by atoms with Gasteiger partial charge in [0.1, 0.15) is 0 Å². The van der Waals surface area contributed by atoms with Crippen LogP contribution in [0.15, 0.2) is 5.10 Å². The quantitative estimate of drug-likeness (QED) is 0.280. The summed E-state index contributed by atoms with van der Waals surface area (Å²) in [5.74, 6) is 1.28. The molecule has 6 heteroatoms. The summed E-state index contributed by atoms with van der Waals surface area (Å²) < 4.78 is 0. The van der Waals surface area contributed by atoms with Crippen LogP contribution in [0.1, 0.15) is 71.6 Å². The molecule has 7 atom stereocenters. The number of guanidine groups is 1. The molecule has 0 aromatic rings.